The van der Waals surface area contributed by atoms with Gasteiger partial charge in [0.15, 0.2) is 5.11 Å². The first-order valence-corrected chi connectivity index (χ1v) is 7.03. The second-order valence-electron chi connectivity index (χ2n) is 4.49. The predicted octanol–water partition coefficient (Wildman–Crippen LogP) is 4.06. The van der Waals surface area contributed by atoms with Crippen molar-refractivity contribution < 1.29 is 0 Å². The number of allylic oxidation sites excluding steroid dienone is 1. The highest BCUT2D eigenvalue weighted by Gasteiger charge is 1.94. The normalized spacial score (nSPS) is 11.4. The lowest BCUT2D eigenvalue weighted by atomic mass is 10.1. The second-order valence-corrected chi connectivity index (χ2v) is 4.90. The van der Waals surface area contributed by atoms with Gasteiger partial charge in [0.1, 0.15) is 0 Å². The zero-order chi connectivity index (χ0) is 14.9. The van der Waals surface area contributed by atoms with Crippen LogP contribution < -0.4 is 10.7 Å². The van der Waals surface area contributed by atoms with E-state index < -0.39 is 0 Å². The second kappa shape index (κ2) is 7.97. The summed E-state index contributed by atoms with van der Waals surface area (Å²) in [4.78, 5) is 0. The minimum atomic E-state index is 0.463. The molecule has 0 atom stereocenters. The van der Waals surface area contributed by atoms with E-state index in [0.717, 1.165) is 16.8 Å². The quantitative estimate of drug-likeness (QED) is 0.507. The van der Waals surface area contributed by atoms with Crippen LogP contribution in [-0.4, -0.2) is 11.3 Å². The molecule has 0 bridgehead atoms. The minimum absolute atomic E-state index is 0.463. The molecule has 21 heavy (non-hydrogen) atoms. The van der Waals surface area contributed by atoms with Gasteiger partial charge in [-0.25, -0.2) is 0 Å². The smallest absolute Gasteiger partial charge is 0.191 e. The maximum absolute atomic E-state index is 5.16. The molecule has 106 valence electrons. The molecule has 0 spiro atoms. The third-order valence-corrected chi connectivity index (χ3v) is 2.85. The molecular weight excluding hydrogens is 278 g/mol. The minimum Gasteiger partial charge on any atom is -0.331 e. The number of rotatable bonds is 4. The van der Waals surface area contributed by atoms with Gasteiger partial charge in [0.2, 0.25) is 0 Å². The van der Waals surface area contributed by atoms with Gasteiger partial charge in [0.25, 0.3) is 0 Å². The van der Waals surface area contributed by atoms with E-state index in [1.165, 1.54) is 0 Å². The summed E-state index contributed by atoms with van der Waals surface area (Å²) in [6.45, 7) is 1.99. The molecule has 0 radical (unpaired) electrons. The number of hydrogen-bond acceptors (Lipinski definition) is 2. The molecule has 0 unspecified atom stereocenters. The zero-order valence-electron chi connectivity index (χ0n) is 11.8. The maximum atomic E-state index is 5.16. The average molecular weight is 295 g/mol. The Morgan fingerprint density at radius 3 is 2.29 bits per heavy atom. The first-order valence-electron chi connectivity index (χ1n) is 6.62. The summed E-state index contributed by atoms with van der Waals surface area (Å²) in [6, 6.07) is 19.8. The summed E-state index contributed by atoms with van der Waals surface area (Å²) >= 11 is 5.16. The number of thiocarbonyl (C=S) groups is 1. The topological polar surface area (TPSA) is 36.4 Å². The third-order valence-electron chi connectivity index (χ3n) is 2.66. The fourth-order valence-electron chi connectivity index (χ4n) is 1.72. The molecule has 0 aliphatic heterocycles. The number of anilines is 1. The monoisotopic (exact) mass is 295 g/mol. The van der Waals surface area contributed by atoms with Crippen LogP contribution in [0.1, 0.15) is 12.5 Å². The summed E-state index contributed by atoms with van der Waals surface area (Å²) in [5, 5.41) is 7.63. The summed E-state index contributed by atoms with van der Waals surface area (Å²) in [5.74, 6) is 0. The van der Waals surface area contributed by atoms with Gasteiger partial charge in [-0.1, -0.05) is 54.6 Å². The van der Waals surface area contributed by atoms with Crippen LogP contribution in [0.5, 0.6) is 0 Å². The Kier molecular flexibility index (Phi) is 5.67. The average Bonchev–Trinajstić information content (AvgIpc) is 2.49. The van der Waals surface area contributed by atoms with Gasteiger partial charge in [0, 0.05) is 5.69 Å². The van der Waals surface area contributed by atoms with Crippen molar-refractivity contribution in [1.82, 2.24) is 5.43 Å². The summed E-state index contributed by atoms with van der Waals surface area (Å²) in [5.41, 5.74) is 5.91. The Bertz CT molecular complexity index is 634. The molecular formula is C17H17N3S. The molecule has 0 amide bonds. The first kappa shape index (κ1) is 14.9. The Balaban J connectivity index is 1.84. The van der Waals surface area contributed by atoms with Gasteiger partial charge >= 0.3 is 0 Å². The lowest BCUT2D eigenvalue weighted by molar-refractivity contribution is 1.05. The number of nitrogens with zero attached hydrogens (tertiary/aromatic N) is 1. The van der Waals surface area contributed by atoms with Crippen LogP contribution in [0, 0.1) is 0 Å². The number of benzene rings is 2. The summed E-state index contributed by atoms with van der Waals surface area (Å²) in [7, 11) is 0. The van der Waals surface area contributed by atoms with Gasteiger partial charge in [-0.05, 0) is 42.4 Å². The van der Waals surface area contributed by atoms with Crippen LogP contribution in [0.3, 0.4) is 0 Å². The van der Waals surface area contributed by atoms with Crippen molar-refractivity contribution in [2.24, 2.45) is 5.10 Å². The highest BCUT2D eigenvalue weighted by Crippen LogP contribution is 2.05. The van der Waals surface area contributed by atoms with Crippen molar-refractivity contribution in [3.05, 3.63) is 71.8 Å². The fraction of sp³-hybridized carbons (Fsp3) is 0.0588. The van der Waals surface area contributed by atoms with E-state index >= 15 is 0 Å². The van der Waals surface area contributed by atoms with Gasteiger partial charge in [0.05, 0.1) is 6.21 Å². The molecule has 2 aromatic rings. The van der Waals surface area contributed by atoms with Crippen molar-refractivity contribution in [1.29, 1.82) is 0 Å². The van der Waals surface area contributed by atoms with E-state index in [1.807, 2.05) is 67.6 Å². The Morgan fingerprint density at radius 2 is 1.62 bits per heavy atom. The SMILES string of the molecule is CC(/C=N\NC(=S)Nc1ccccc1)=C\c1ccccc1. The number of hydrogen-bond donors (Lipinski definition) is 2. The molecule has 2 N–H and O–H groups in total. The van der Waals surface area contributed by atoms with E-state index in [1.54, 1.807) is 6.21 Å². The van der Waals surface area contributed by atoms with E-state index in [4.69, 9.17) is 12.2 Å². The van der Waals surface area contributed by atoms with Crippen LogP contribution in [0.25, 0.3) is 6.08 Å². The molecule has 0 saturated carbocycles. The van der Waals surface area contributed by atoms with Crippen molar-refractivity contribution in [3.8, 4) is 0 Å². The van der Waals surface area contributed by atoms with Crippen molar-refractivity contribution in [2.45, 2.75) is 6.92 Å². The summed E-state index contributed by atoms with van der Waals surface area (Å²) < 4.78 is 0. The van der Waals surface area contributed by atoms with Crippen molar-refractivity contribution >= 4 is 35.3 Å². The van der Waals surface area contributed by atoms with Crippen LogP contribution >= 0.6 is 12.2 Å². The van der Waals surface area contributed by atoms with E-state index in [0.29, 0.717) is 5.11 Å². The van der Waals surface area contributed by atoms with Crippen LogP contribution in [0.4, 0.5) is 5.69 Å². The first-order chi connectivity index (χ1) is 10.2. The standard InChI is InChI=1S/C17H17N3S/c1-14(12-15-8-4-2-5-9-15)13-18-20-17(21)19-16-10-6-3-7-11-16/h2-13H,1H3,(H2,19,20,21)/b14-12+,18-13-. The van der Waals surface area contributed by atoms with Gasteiger partial charge < -0.3 is 5.32 Å². The van der Waals surface area contributed by atoms with Gasteiger partial charge in [-0.2, -0.15) is 5.10 Å². The van der Waals surface area contributed by atoms with Crippen LogP contribution in [-0.2, 0) is 0 Å². The van der Waals surface area contributed by atoms with Gasteiger partial charge in [-0.3, -0.25) is 5.43 Å². The van der Waals surface area contributed by atoms with Crippen LogP contribution in [0.15, 0.2) is 71.3 Å². The van der Waals surface area contributed by atoms with Crippen molar-refractivity contribution in [3.63, 3.8) is 0 Å². The van der Waals surface area contributed by atoms with Crippen molar-refractivity contribution in [2.75, 3.05) is 5.32 Å². The molecule has 4 heteroatoms. The zero-order valence-corrected chi connectivity index (χ0v) is 12.6. The number of para-hydroxylation sites is 1. The third kappa shape index (κ3) is 5.58. The summed E-state index contributed by atoms with van der Waals surface area (Å²) in [6.07, 6.45) is 3.80. The Labute approximate surface area is 130 Å². The molecule has 2 rings (SSSR count). The predicted molar refractivity (Wildman–Crippen MR) is 94.4 cm³/mol. The molecule has 0 aromatic heterocycles. The fourth-order valence-corrected chi connectivity index (χ4v) is 1.89. The molecule has 0 heterocycles. The largest absolute Gasteiger partial charge is 0.331 e. The van der Waals surface area contributed by atoms with E-state index in [-0.39, 0.29) is 0 Å². The molecule has 3 nitrogen and oxygen atoms in total. The Hall–Kier alpha value is -2.46. The lowest BCUT2D eigenvalue weighted by Gasteiger charge is -2.06. The lowest BCUT2D eigenvalue weighted by Crippen LogP contribution is -2.23. The number of hydrazone groups is 1. The molecule has 0 aliphatic carbocycles. The molecule has 0 saturated heterocycles. The highest BCUT2D eigenvalue weighted by molar-refractivity contribution is 7.80. The molecule has 2 aromatic carbocycles. The highest BCUT2D eigenvalue weighted by atomic mass is 32.1. The number of nitrogens with one attached hydrogen (secondary N) is 2. The van der Waals surface area contributed by atoms with E-state index in [9.17, 15) is 0 Å². The van der Waals surface area contributed by atoms with Crippen LogP contribution in [0.2, 0.25) is 0 Å². The molecule has 0 aliphatic rings. The Morgan fingerprint density at radius 1 is 1.00 bits per heavy atom. The van der Waals surface area contributed by atoms with Gasteiger partial charge in [-0.15, -0.1) is 0 Å². The molecule has 0 fully saturated rings. The van der Waals surface area contributed by atoms with E-state index in [2.05, 4.69) is 21.9 Å². The maximum Gasteiger partial charge on any atom is 0.191 e.